The van der Waals surface area contributed by atoms with Crippen LogP contribution in [0.4, 0.5) is 0 Å². The monoisotopic (exact) mass is 212 g/mol. The van der Waals surface area contributed by atoms with Crippen molar-refractivity contribution in [3.8, 4) is 0 Å². The van der Waals surface area contributed by atoms with Crippen LogP contribution in [0, 0.1) is 5.92 Å². The molecule has 0 bridgehead atoms. The maximum absolute atomic E-state index is 3.77. The summed E-state index contributed by atoms with van der Waals surface area (Å²) in [5.41, 5.74) is 0. The van der Waals surface area contributed by atoms with Crippen LogP contribution in [0.25, 0.3) is 0 Å². The lowest BCUT2D eigenvalue weighted by Crippen LogP contribution is -2.37. The van der Waals surface area contributed by atoms with Gasteiger partial charge in [0, 0.05) is 12.1 Å². The Morgan fingerprint density at radius 1 is 1.13 bits per heavy atom. The van der Waals surface area contributed by atoms with Crippen LogP contribution in [0.1, 0.15) is 52.9 Å². The fourth-order valence-corrected chi connectivity index (χ4v) is 2.25. The third-order valence-corrected chi connectivity index (χ3v) is 3.27. The van der Waals surface area contributed by atoms with Crippen molar-refractivity contribution in [2.75, 3.05) is 13.1 Å². The zero-order valence-electron chi connectivity index (χ0n) is 10.7. The van der Waals surface area contributed by atoms with Gasteiger partial charge in [-0.15, -0.1) is 0 Å². The molecule has 0 spiro atoms. The minimum Gasteiger partial charge on any atom is -0.317 e. The summed E-state index contributed by atoms with van der Waals surface area (Å²) in [4.78, 5) is 0. The van der Waals surface area contributed by atoms with E-state index in [-0.39, 0.29) is 0 Å². The highest BCUT2D eigenvalue weighted by Crippen LogP contribution is 2.10. The molecule has 0 aromatic heterocycles. The zero-order valence-corrected chi connectivity index (χ0v) is 10.7. The van der Waals surface area contributed by atoms with Crippen molar-refractivity contribution in [2.24, 2.45) is 5.92 Å². The lowest BCUT2D eigenvalue weighted by atomic mass is 10.0. The Morgan fingerprint density at radius 2 is 1.93 bits per heavy atom. The van der Waals surface area contributed by atoms with Crippen LogP contribution in [0.3, 0.4) is 0 Å². The first kappa shape index (κ1) is 13.0. The molecule has 0 radical (unpaired) electrons. The fourth-order valence-electron chi connectivity index (χ4n) is 2.25. The Morgan fingerprint density at radius 3 is 2.67 bits per heavy atom. The molecule has 1 rings (SSSR count). The van der Waals surface area contributed by atoms with Gasteiger partial charge in [-0.3, -0.25) is 0 Å². The number of nitrogens with one attached hydrogen (secondary N) is 2. The number of hydrogen-bond donors (Lipinski definition) is 2. The van der Waals surface area contributed by atoms with E-state index in [1.54, 1.807) is 0 Å². The highest BCUT2D eigenvalue weighted by atomic mass is 15.0. The summed E-state index contributed by atoms with van der Waals surface area (Å²) < 4.78 is 0. The summed E-state index contributed by atoms with van der Waals surface area (Å²) >= 11 is 0. The molecule has 90 valence electrons. The van der Waals surface area contributed by atoms with E-state index in [9.17, 15) is 0 Å². The van der Waals surface area contributed by atoms with Gasteiger partial charge in [-0.25, -0.2) is 0 Å². The van der Waals surface area contributed by atoms with Crippen LogP contribution < -0.4 is 10.6 Å². The molecule has 15 heavy (non-hydrogen) atoms. The smallest absolute Gasteiger partial charge is 0.00820 e. The van der Waals surface area contributed by atoms with Crippen LogP contribution >= 0.6 is 0 Å². The topological polar surface area (TPSA) is 24.1 Å². The summed E-state index contributed by atoms with van der Waals surface area (Å²) in [6, 6.07) is 1.44. The molecule has 0 saturated carbocycles. The predicted molar refractivity (Wildman–Crippen MR) is 67.2 cm³/mol. The van der Waals surface area contributed by atoms with Crippen LogP contribution in [0.15, 0.2) is 0 Å². The third kappa shape index (κ3) is 6.16. The predicted octanol–water partition coefficient (Wildman–Crippen LogP) is 2.54. The van der Waals surface area contributed by atoms with Crippen molar-refractivity contribution in [1.29, 1.82) is 0 Å². The Labute approximate surface area is 95.2 Å². The van der Waals surface area contributed by atoms with Gasteiger partial charge in [0.05, 0.1) is 0 Å². The minimum atomic E-state index is 0.690. The Kier molecular flexibility index (Phi) is 6.26. The van der Waals surface area contributed by atoms with E-state index >= 15 is 0 Å². The summed E-state index contributed by atoms with van der Waals surface area (Å²) in [6.07, 6.45) is 6.64. The van der Waals surface area contributed by atoms with E-state index in [4.69, 9.17) is 0 Å². The third-order valence-electron chi connectivity index (χ3n) is 3.27. The molecular formula is C13H28N2. The lowest BCUT2D eigenvalue weighted by Gasteiger charge is -2.22. The number of hydrogen-bond acceptors (Lipinski definition) is 2. The molecule has 2 unspecified atom stereocenters. The van der Waals surface area contributed by atoms with Crippen LogP contribution in [0.5, 0.6) is 0 Å². The first-order valence-electron chi connectivity index (χ1n) is 6.65. The normalized spacial score (nSPS) is 25.2. The molecule has 2 heteroatoms. The van der Waals surface area contributed by atoms with E-state index in [2.05, 4.69) is 31.4 Å². The molecule has 1 aliphatic rings. The maximum atomic E-state index is 3.77. The number of rotatable bonds is 5. The van der Waals surface area contributed by atoms with E-state index in [0.717, 1.165) is 12.0 Å². The van der Waals surface area contributed by atoms with Crippen LogP contribution in [-0.4, -0.2) is 25.2 Å². The average molecular weight is 212 g/mol. The molecule has 2 nitrogen and oxygen atoms in total. The van der Waals surface area contributed by atoms with Crippen LogP contribution in [-0.2, 0) is 0 Å². The molecule has 1 heterocycles. The molecule has 1 saturated heterocycles. The standard InChI is InChI=1S/C13H28N2/c1-11(2)6-7-12(3)15-13-5-4-9-14-10-8-13/h11-15H,4-10H2,1-3H3. The molecule has 2 atom stereocenters. The summed E-state index contributed by atoms with van der Waals surface area (Å²) in [7, 11) is 0. The molecule has 0 aromatic carbocycles. The Balaban J connectivity index is 2.14. The summed E-state index contributed by atoms with van der Waals surface area (Å²) in [5, 5.41) is 7.23. The SMILES string of the molecule is CC(C)CCC(C)NC1CCCNCC1. The molecular weight excluding hydrogens is 184 g/mol. The molecule has 1 aliphatic heterocycles. The van der Waals surface area contributed by atoms with Gasteiger partial charge in [0.1, 0.15) is 0 Å². The van der Waals surface area contributed by atoms with Crippen molar-refractivity contribution < 1.29 is 0 Å². The van der Waals surface area contributed by atoms with Gasteiger partial charge in [0.25, 0.3) is 0 Å². The second-order valence-electron chi connectivity index (χ2n) is 5.42. The average Bonchev–Trinajstić information content (AvgIpc) is 2.43. The molecule has 1 fully saturated rings. The Hall–Kier alpha value is -0.0800. The van der Waals surface area contributed by atoms with Gasteiger partial charge in [-0.1, -0.05) is 13.8 Å². The van der Waals surface area contributed by atoms with E-state index in [1.165, 1.54) is 45.2 Å². The molecule has 0 aromatic rings. The van der Waals surface area contributed by atoms with Crippen molar-refractivity contribution in [1.82, 2.24) is 10.6 Å². The largest absolute Gasteiger partial charge is 0.317 e. The second kappa shape index (κ2) is 7.24. The first-order chi connectivity index (χ1) is 7.18. The highest BCUT2D eigenvalue weighted by Gasteiger charge is 2.13. The van der Waals surface area contributed by atoms with Crippen molar-refractivity contribution in [2.45, 2.75) is 65.0 Å². The van der Waals surface area contributed by atoms with Crippen molar-refractivity contribution >= 4 is 0 Å². The van der Waals surface area contributed by atoms with Gasteiger partial charge in [-0.2, -0.15) is 0 Å². The lowest BCUT2D eigenvalue weighted by molar-refractivity contribution is 0.379. The van der Waals surface area contributed by atoms with E-state index in [0.29, 0.717) is 6.04 Å². The minimum absolute atomic E-state index is 0.690. The zero-order chi connectivity index (χ0) is 11.1. The summed E-state index contributed by atoms with van der Waals surface area (Å²) in [5.74, 6) is 0.838. The second-order valence-corrected chi connectivity index (χ2v) is 5.42. The van der Waals surface area contributed by atoms with E-state index in [1.807, 2.05) is 0 Å². The van der Waals surface area contributed by atoms with Gasteiger partial charge in [-0.05, 0) is 58.0 Å². The fraction of sp³-hybridized carbons (Fsp3) is 1.00. The first-order valence-corrected chi connectivity index (χ1v) is 6.65. The molecule has 0 amide bonds. The van der Waals surface area contributed by atoms with Crippen molar-refractivity contribution in [3.05, 3.63) is 0 Å². The van der Waals surface area contributed by atoms with Crippen molar-refractivity contribution in [3.63, 3.8) is 0 Å². The summed E-state index contributed by atoms with van der Waals surface area (Å²) in [6.45, 7) is 9.35. The van der Waals surface area contributed by atoms with Gasteiger partial charge in [0.2, 0.25) is 0 Å². The van der Waals surface area contributed by atoms with Gasteiger partial charge >= 0.3 is 0 Å². The highest BCUT2D eigenvalue weighted by molar-refractivity contribution is 4.75. The maximum Gasteiger partial charge on any atom is 0.00820 e. The van der Waals surface area contributed by atoms with Crippen LogP contribution in [0.2, 0.25) is 0 Å². The van der Waals surface area contributed by atoms with E-state index < -0.39 is 0 Å². The quantitative estimate of drug-likeness (QED) is 0.732. The Bertz CT molecular complexity index is 149. The molecule has 0 aliphatic carbocycles. The molecule has 2 N–H and O–H groups in total. The van der Waals surface area contributed by atoms with Gasteiger partial charge < -0.3 is 10.6 Å². The van der Waals surface area contributed by atoms with Gasteiger partial charge in [0.15, 0.2) is 0 Å².